The first-order chi connectivity index (χ1) is 14.3. The van der Waals surface area contributed by atoms with E-state index in [1.807, 2.05) is 4.90 Å². The number of hydrogen-bond acceptors (Lipinski definition) is 4. The second-order valence-electron chi connectivity index (χ2n) is 8.79. The molecule has 31 heavy (non-hydrogen) atoms. The van der Waals surface area contributed by atoms with Crippen molar-refractivity contribution in [3.8, 4) is 0 Å². The number of likely N-dealkylation sites (tertiary alicyclic amines) is 1. The summed E-state index contributed by atoms with van der Waals surface area (Å²) < 4.78 is 37.6. The van der Waals surface area contributed by atoms with Crippen LogP contribution >= 0.6 is 0 Å². The third-order valence-corrected chi connectivity index (χ3v) is 5.64. The molecular formula is C22H31F3N2O4. The number of carbonyl (C=O) groups is 2. The lowest BCUT2D eigenvalue weighted by atomic mass is 9.87. The van der Waals surface area contributed by atoms with Gasteiger partial charge in [-0.15, -0.1) is 0 Å². The average molecular weight is 444 g/mol. The molecule has 1 atom stereocenters. The van der Waals surface area contributed by atoms with Crippen LogP contribution in [0.1, 0.15) is 37.0 Å². The molecule has 0 saturated carbocycles. The van der Waals surface area contributed by atoms with Crippen molar-refractivity contribution in [3.63, 3.8) is 0 Å². The highest BCUT2D eigenvalue weighted by Gasteiger charge is 2.46. The predicted molar refractivity (Wildman–Crippen MR) is 110 cm³/mol. The summed E-state index contributed by atoms with van der Waals surface area (Å²) in [4.78, 5) is 25.8. The number of nitrogens with zero attached hydrogens (tertiary/aromatic N) is 2. The Morgan fingerprint density at radius 1 is 1.26 bits per heavy atom. The van der Waals surface area contributed by atoms with Gasteiger partial charge in [-0.2, -0.15) is 13.2 Å². The summed E-state index contributed by atoms with van der Waals surface area (Å²) in [6, 6.07) is 6.93. The summed E-state index contributed by atoms with van der Waals surface area (Å²) in [5.74, 6) is -2.48. The highest BCUT2D eigenvalue weighted by Crippen LogP contribution is 2.35. The monoisotopic (exact) mass is 444 g/mol. The van der Waals surface area contributed by atoms with Gasteiger partial charge in [-0.05, 0) is 38.8 Å². The molecule has 1 N–H and O–H groups in total. The second kappa shape index (κ2) is 9.99. The van der Waals surface area contributed by atoms with Crippen LogP contribution in [0.15, 0.2) is 18.2 Å². The molecule has 1 aromatic carbocycles. The zero-order chi connectivity index (χ0) is 23.4. The van der Waals surface area contributed by atoms with Gasteiger partial charge in [0.2, 0.25) is 5.91 Å². The van der Waals surface area contributed by atoms with Crippen molar-refractivity contribution in [1.29, 1.82) is 0 Å². The molecule has 3 rings (SSSR count). The Morgan fingerprint density at radius 2 is 1.90 bits per heavy atom. The number of alkyl halides is 3. The molecule has 9 heteroatoms. The first kappa shape index (κ1) is 25.1. The van der Waals surface area contributed by atoms with Gasteiger partial charge >= 0.3 is 12.1 Å². The number of halogens is 3. The molecule has 0 aromatic heterocycles. The summed E-state index contributed by atoms with van der Waals surface area (Å²) in [6.07, 6.45) is -4.46. The van der Waals surface area contributed by atoms with Crippen LogP contribution in [-0.2, 0) is 20.9 Å². The van der Waals surface area contributed by atoms with Crippen LogP contribution in [0.2, 0.25) is 0 Å². The van der Waals surface area contributed by atoms with E-state index >= 15 is 0 Å². The lowest BCUT2D eigenvalue weighted by Gasteiger charge is -2.32. The topological polar surface area (TPSA) is 70.1 Å². The van der Waals surface area contributed by atoms with Crippen molar-refractivity contribution in [2.45, 2.75) is 52.9 Å². The minimum Gasteiger partial charge on any atom is -0.475 e. The molecule has 1 amide bonds. The number of ether oxygens (including phenoxy) is 1. The van der Waals surface area contributed by atoms with Gasteiger partial charge in [0.1, 0.15) is 0 Å². The van der Waals surface area contributed by atoms with Crippen molar-refractivity contribution < 1.29 is 32.6 Å². The Morgan fingerprint density at radius 3 is 2.45 bits per heavy atom. The SMILES string of the molecule is Cc1ccc(C)c(CN2CCOCC3(CC(=O)N(C(C)C)C3)C2)c1.O=C(O)C(F)(F)F. The lowest BCUT2D eigenvalue weighted by Crippen LogP contribution is -2.41. The molecular weight excluding hydrogens is 413 g/mol. The third kappa shape index (κ3) is 6.93. The highest BCUT2D eigenvalue weighted by atomic mass is 19.4. The molecule has 1 unspecified atom stereocenters. The van der Waals surface area contributed by atoms with E-state index < -0.39 is 12.1 Å². The lowest BCUT2D eigenvalue weighted by molar-refractivity contribution is -0.192. The van der Waals surface area contributed by atoms with Crippen LogP contribution in [-0.4, -0.2) is 71.8 Å². The summed E-state index contributed by atoms with van der Waals surface area (Å²) in [6.45, 7) is 13.6. The van der Waals surface area contributed by atoms with Crippen LogP contribution in [0, 0.1) is 19.3 Å². The van der Waals surface area contributed by atoms with Gasteiger partial charge < -0.3 is 14.7 Å². The fourth-order valence-corrected chi connectivity index (χ4v) is 4.03. The summed E-state index contributed by atoms with van der Waals surface area (Å²) in [5.41, 5.74) is 3.98. The number of carbonyl (C=O) groups excluding carboxylic acids is 1. The zero-order valence-electron chi connectivity index (χ0n) is 18.5. The van der Waals surface area contributed by atoms with Crippen molar-refractivity contribution in [1.82, 2.24) is 9.80 Å². The number of aliphatic carboxylic acids is 1. The standard InChI is InChI=1S/C20H30N2O2.C2HF3O2/c1-15(2)22-13-20(10-19(22)23)12-21(7-8-24-14-20)11-18-9-16(3)5-6-17(18)4;3-2(4,5)1(6)7/h5-6,9,15H,7-8,10-14H2,1-4H3;(H,6,7). The van der Waals surface area contributed by atoms with E-state index in [2.05, 4.69) is 50.8 Å². The molecule has 2 fully saturated rings. The highest BCUT2D eigenvalue weighted by molar-refractivity contribution is 5.80. The van der Waals surface area contributed by atoms with Gasteiger partial charge in [-0.3, -0.25) is 9.69 Å². The summed E-state index contributed by atoms with van der Waals surface area (Å²) in [5, 5.41) is 7.12. The number of carboxylic acid groups (broad SMARTS) is 1. The Hall–Kier alpha value is -2.13. The molecule has 2 heterocycles. The smallest absolute Gasteiger partial charge is 0.475 e. The first-order valence-corrected chi connectivity index (χ1v) is 10.3. The van der Waals surface area contributed by atoms with E-state index in [0.29, 0.717) is 13.0 Å². The largest absolute Gasteiger partial charge is 0.490 e. The number of rotatable bonds is 3. The fraction of sp³-hybridized carbons (Fsp3) is 0.636. The molecule has 2 aliphatic rings. The van der Waals surface area contributed by atoms with Gasteiger partial charge in [0.25, 0.3) is 0 Å². The number of aryl methyl sites for hydroxylation is 2. The molecule has 2 aliphatic heterocycles. The van der Waals surface area contributed by atoms with Crippen molar-refractivity contribution in [3.05, 3.63) is 34.9 Å². The van der Waals surface area contributed by atoms with E-state index in [0.717, 1.165) is 32.8 Å². The van der Waals surface area contributed by atoms with Gasteiger partial charge in [0, 0.05) is 44.1 Å². The molecule has 174 valence electrons. The molecule has 0 bridgehead atoms. The molecule has 6 nitrogen and oxygen atoms in total. The fourth-order valence-electron chi connectivity index (χ4n) is 4.03. The molecule has 2 saturated heterocycles. The van der Waals surface area contributed by atoms with Crippen molar-refractivity contribution in [2.24, 2.45) is 5.41 Å². The predicted octanol–water partition coefficient (Wildman–Crippen LogP) is 3.40. The normalized spacial score (nSPS) is 22.5. The number of benzene rings is 1. The van der Waals surface area contributed by atoms with Gasteiger partial charge in [-0.25, -0.2) is 4.79 Å². The van der Waals surface area contributed by atoms with Crippen LogP contribution in [0.4, 0.5) is 13.2 Å². The quantitative estimate of drug-likeness (QED) is 0.774. The van der Waals surface area contributed by atoms with Crippen LogP contribution in [0.25, 0.3) is 0 Å². The molecule has 1 aromatic rings. The minimum atomic E-state index is -5.08. The van der Waals surface area contributed by atoms with E-state index in [1.165, 1.54) is 16.7 Å². The Balaban J connectivity index is 0.000000423. The number of amides is 1. The maximum Gasteiger partial charge on any atom is 0.490 e. The molecule has 1 spiro atoms. The third-order valence-electron chi connectivity index (χ3n) is 5.64. The van der Waals surface area contributed by atoms with E-state index in [9.17, 15) is 18.0 Å². The summed E-state index contributed by atoms with van der Waals surface area (Å²) in [7, 11) is 0. The minimum absolute atomic E-state index is 0.0460. The second-order valence-corrected chi connectivity index (χ2v) is 8.79. The Labute approximate surface area is 181 Å². The molecule has 0 aliphatic carbocycles. The Bertz CT molecular complexity index is 797. The van der Waals surface area contributed by atoms with Gasteiger partial charge in [0.05, 0.1) is 13.2 Å². The summed E-state index contributed by atoms with van der Waals surface area (Å²) >= 11 is 0. The average Bonchev–Trinajstić information content (AvgIpc) is 2.85. The maximum atomic E-state index is 12.4. The van der Waals surface area contributed by atoms with Crippen molar-refractivity contribution in [2.75, 3.05) is 32.8 Å². The van der Waals surface area contributed by atoms with Crippen LogP contribution in [0.3, 0.4) is 0 Å². The zero-order valence-corrected chi connectivity index (χ0v) is 18.5. The van der Waals surface area contributed by atoms with Gasteiger partial charge in [-0.1, -0.05) is 23.8 Å². The number of hydrogen-bond donors (Lipinski definition) is 1. The van der Waals surface area contributed by atoms with Crippen LogP contribution < -0.4 is 0 Å². The first-order valence-electron chi connectivity index (χ1n) is 10.3. The number of carboxylic acids is 1. The van der Waals surface area contributed by atoms with E-state index in [-0.39, 0.29) is 17.4 Å². The Kier molecular flexibility index (Phi) is 8.10. The van der Waals surface area contributed by atoms with E-state index in [4.69, 9.17) is 14.6 Å². The van der Waals surface area contributed by atoms with Gasteiger partial charge in [0.15, 0.2) is 0 Å². The maximum absolute atomic E-state index is 12.4. The van der Waals surface area contributed by atoms with Crippen molar-refractivity contribution >= 4 is 11.9 Å². The van der Waals surface area contributed by atoms with Crippen LogP contribution in [0.5, 0.6) is 0 Å². The van der Waals surface area contributed by atoms with E-state index in [1.54, 1.807) is 0 Å². The molecule has 0 radical (unpaired) electrons.